The zero-order valence-electron chi connectivity index (χ0n) is 11.4. The maximum absolute atomic E-state index is 11.7. The van der Waals surface area contributed by atoms with Gasteiger partial charge in [-0.25, -0.2) is 4.98 Å². The van der Waals surface area contributed by atoms with Gasteiger partial charge in [0.15, 0.2) is 5.82 Å². The molecule has 2 heterocycles. The zero-order chi connectivity index (χ0) is 13.3. The Morgan fingerprint density at radius 2 is 2.11 bits per heavy atom. The number of carbonyl (C=O) groups excluding carboxylic acids is 1. The highest BCUT2D eigenvalue weighted by Crippen LogP contribution is 2.18. The Labute approximate surface area is 107 Å². The van der Waals surface area contributed by atoms with E-state index in [9.17, 15) is 4.79 Å². The maximum Gasteiger partial charge on any atom is 0.237 e. The number of nitrogens with one attached hydrogen (secondary N) is 2. The summed E-state index contributed by atoms with van der Waals surface area (Å²) in [6, 6.07) is -0.200. The molecule has 1 unspecified atom stereocenters. The van der Waals surface area contributed by atoms with Gasteiger partial charge < -0.3 is 10.6 Å². The molecule has 1 aliphatic rings. The van der Waals surface area contributed by atoms with E-state index in [-0.39, 0.29) is 17.4 Å². The smallest absolute Gasteiger partial charge is 0.237 e. The molecular formula is C12H21N5O. The van der Waals surface area contributed by atoms with Crippen molar-refractivity contribution in [3.63, 3.8) is 0 Å². The number of hydrogen-bond donors (Lipinski definition) is 2. The van der Waals surface area contributed by atoms with Crippen LogP contribution in [0.25, 0.3) is 0 Å². The van der Waals surface area contributed by atoms with E-state index in [1.54, 1.807) is 4.68 Å². The molecule has 0 aliphatic carbocycles. The average molecular weight is 251 g/mol. The van der Waals surface area contributed by atoms with E-state index in [4.69, 9.17) is 0 Å². The van der Waals surface area contributed by atoms with Crippen LogP contribution in [0.4, 0.5) is 0 Å². The Hall–Kier alpha value is -1.43. The molecule has 6 nitrogen and oxygen atoms in total. The fourth-order valence-corrected chi connectivity index (χ4v) is 1.91. The Bertz CT molecular complexity index is 446. The SMILES string of the molecule is Cn1nc(C(C)(C)C)nc1CC1NCCNC1=O. The molecule has 6 heteroatoms. The standard InChI is InChI=1S/C12H21N5O/c1-12(2,3)11-15-9(17(4)16-11)7-8-10(18)14-6-5-13-8/h8,13H,5-7H2,1-4H3,(H,14,18). The number of hydrogen-bond acceptors (Lipinski definition) is 4. The summed E-state index contributed by atoms with van der Waals surface area (Å²) in [6.45, 7) is 7.74. The highest BCUT2D eigenvalue weighted by molar-refractivity contribution is 5.82. The molecule has 100 valence electrons. The fraction of sp³-hybridized carbons (Fsp3) is 0.750. The summed E-state index contributed by atoms with van der Waals surface area (Å²) in [7, 11) is 1.87. The highest BCUT2D eigenvalue weighted by Gasteiger charge is 2.26. The second-order valence-corrected chi connectivity index (χ2v) is 5.73. The number of aryl methyl sites for hydroxylation is 1. The van der Waals surface area contributed by atoms with Crippen LogP contribution in [0.3, 0.4) is 0 Å². The van der Waals surface area contributed by atoms with E-state index in [1.165, 1.54) is 0 Å². The summed E-state index contributed by atoms with van der Waals surface area (Å²) in [6.07, 6.45) is 0.575. The van der Waals surface area contributed by atoms with Crippen LogP contribution >= 0.6 is 0 Å². The summed E-state index contributed by atoms with van der Waals surface area (Å²) in [5.74, 6) is 1.70. The molecule has 1 saturated heterocycles. The molecule has 2 rings (SSSR count). The first-order valence-corrected chi connectivity index (χ1v) is 6.29. The Kier molecular flexibility index (Phi) is 3.38. The van der Waals surface area contributed by atoms with Crippen LogP contribution in [0.5, 0.6) is 0 Å². The van der Waals surface area contributed by atoms with E-state index in [2.05, 4.69) is 41.5 Å². The van der Waals surface area contributed by atoms with Gasteiger partial charge in [-0.1, -0.05) is 20.8 Å². The highest BCUT2D eigenvalue weighted by atomic mass is 16.2. The molecule has 1 aliphatic heterocycles. The first-order valence-electron chi connectivity index (χ1n) is 6.29. The molecule has 0 saturated carbocycles. The van der Waals surface area contributed by atoms with Gasteiger partial charge in [0.2, 0.25) is 5.91 Å². The molecule has 0 bridgehead atoms. The fourth-order valence-electron chi connectivity index (χ4n) is 1.91. The van der Waals surface area contributed by atoms with E-state index in [0.29, 0.717) is 13.0 Å². The normalized spacial score (nSPS) is 20.9. The first kappa shape index (κ1) is 13.0. The lowest BCUT2D eigenvalue weighted by atomic mass is 9.96. The van der Waals surface area contributed by atoms with Gasteiger partial charge in [0.05, 0.1) is 6.04 Å². The zero-order valence-corrected chi connectivity index (χ0v) is 11.4. The third-order valence-corrected chi connectivity index (χ3v) is 3.04. The van der Waals surface area contributed by atoms with E-state index < -0.39 is 0 Å². The quantitative estimate of drug-likeness (QED) is 0.760. The van der Waals surface area contributed by atoms with Crippen LogP contribution in [0.15, 0.2) is 0 Å². The number of nitrogens with zero attached hydrogens (tertiary/aromatic N) is 3. The number of piperazine rings is 1. The molecule has 1 aromatic heterocycles. The minimum Gasteiger partial charge on any atom is -0.353 e. The van der Waals surface area contributed by atoms with Crippen molar-refractivity contribution in [1.29, 1.82) is 0 Å². The summed E-state index contributed by atoms with van der Waals surface area (Å²) in [4.78, 5) is 16.2. The summed E-state index contributed by atoms with van der Waals surface area (Å²) in [5.41, 5.74) is -0.0712. The summed E-state index contributed by atoms with van der Waals surface area (Å²) in [5, 5.41) is 10.5. The Morgan fingerprint density at radius 3 is 2.67 bits per heavy atom. The predicted octanol–water partition coefficient (Wildman–Crippen LogP) is -0.257. The number of amides is 1. The van der Waals surface area contributed by atoms with Crippen LogP contribution in [-0.2, 0) is 23.7 Å². The summed E-state index contributed by atoms with van der Waals surface area (Å²) < 4.78 is 1.77. The van der Waals surface area contributed by atoms with E-state index >= 15 is 0 Å². The van der Waals surface area contributed by atoms with Crippen molar-refractivity contribution < 1.29 is 4.79 Å². The molecule has 1 atom stereocenters. The molecule has 1 fully saturated rings. The molecular weight excluding hydrogens is 230 g/mol. The molecule has 2 N–H and O–H groups in total. The number of rotatable bonds is 2. The lowest BCUT2D eigenvalue weighted by molar-refractivity contribution is -0.124. The van der Waals surface area contributed by atoms with Gasteiger partial charge >= 0.3 is 0 Å². The molecule has 1 amide bonds. The molecule has 1 aromatic rings. The average Bonchev–Trinajstić information content (AvgIpc) is 2.63. The maximum atomic E-state index is 11.7. The van der Waals surface area contributed by atoms with Gasteiger partial charge in [-0.05, 0) is 0 Å². The van der Waals surface area contributed by atoms with Crippen molar-refractivity contribution in [2.24, 2.45) is 7.05 Å². The Morgan fingerprint density at radius 1 is 1.39 bits per heavy atom. The van der Waals surface area contributed by atoms with Gasteiger partial charge in [0, 0.05) is 32.0 Å². The minimum atomic E-state index is -0.200. The van der Waals surface area contributed by atoms with Crippen LogP contribution < -0.4 is 10.6 Å². The second kappa shape index (κ2) is 4.68. The minimum absolute atomic E-state index is 0.0431. The molecule has 0 spiro atoms. The Balaban J connectivity index is 2.14. The van der Waals surface area contributed by atoms with Crippen molar-refractivity contribution in [3.05, 3.63) is 11.6 Å². The van der Waals surface area contributed by atoms with Crippen molar-refractivity contribution in [2.45, 2.75) is 38.6 Å². The van der Waals surface area contributed by atoms with E-state index in [0.717, 1.165) is 18.2 Å². The van der Waals surface area contributed by atoms with Crippen LogP contribution in [-0.4, -0.2) is 39.8 Å². The molecule has 18 heavy (non-hydrogen) atoms. The van der Waals surface area contributed by atoms with Gasteiger partial charge in [0.25, 0.3) is 0 Å². The van der Waals surface area contributed by atoms with Crippen LogP contribution in [0.1, 0.15) is 32.4 Å². The lowest BCUT2D eigenvalue weighted by Gasteiger charge is -2.22. The lowest BCUT2D eigenvalue weighted by Crippen LogP contribution is -2.54. The van der Waals surface area contributed by atoms with E-state index in [1.807, 2.05) is 7.05 Å². The van der Waals surface area contributed by atoms with Crippen molar-refractivity contribution in [3.8, 4) is 0 Å². The molecule has 0 aromatic carbocycles. The van der Waals surface area contributed by atoms with Crippen molar-refractivity contribution >= 4 is 5.91 Å². The van der Waals surface area contributed by atoms with Gasteiger partial charge in [-0.3, -0.25) is 9.48 Å². The van der Waals surface area contributed by atoms with Gasteiger partial charge in [0.1, 0.15) is 5.82 Å². The topological polar surface area (TPSA) is 71.8 Å². The number of carbonyl (C=O) groups is 1. The van der Waals surface area contributed by atoms with Crippen LogP contribution in [0.2, 0.25) is 0 Å². The van der Waals surface area contributed by atoms with Crippen molar-refractivity contribution in [1.82, 2.24) is 25.4 Å². The van der Waals surface area contributed by atoms with Gasteiger partial charge in [-0.15, -0.1) is 0 Å². The van der Waals surface area contributed by atoms with Gasteiger partial charge in [-0.2, -0.15) is 5.10 Å². The largest absolute Gasteiger partial charge is 0.353 e. The van der Waals surface area contributed by atoms with Crippen molar-refractivity contribution in [2.75, 3.05) is 13.1 Å². The second-order valence-electron chi connectivity index (χ2n) is 5.73. The molecule has 0 radical (unpaired) electrons. The summed E-state index contributed by atoms with van der Waals surface area (Å²) >= 11 is 0. The predicted molar refractivity (Wildman–Crippen MR) is 68.2 cm³/mol. The first-order chi connectivity index (χ1) is 8.38. The number of aromatic nitrogens is 3. The monoisotopic (exact) mass is 251 g/mol. The third-order valence-electron chi connectivity index (χ3n) is 3.04. The van der Waals surface area contributed by atoms with Crippen LogP contribution in [0, 0.1) is 0 Å². The third kappa shape index (κ3) is 2.69.